The molecule has 0 radical (unpaired) electrons. The number of halogens is 1. The highest BCUT2D eigenvalue weighted by atomic mass is 79.9. The van der Waals surface area contributed by atoms with Crippen LogP contribution in [0.2, 0.25) is 0 Å². The zero-order valence-corrected chi connectivity index (χ0v) is 15.2. The molecule has 0 heterocycles. The van der Waals surface area contributed by atoms with Crippen molar-refractivity contribution in [2.75, 3.05) is 11.9 Å². The van der Waals surface area contributed by atoms with Gasteiger partial charge in [0.05, 0.1) is 12.7 Å². The van der Waals surface area contributed by atoms with Crippen molar-refractivity contribution in [1.82, 2.24) is 0 Å². The maximum atomic E-state index is 9.32. The predicted molar refractivity (Wildman–Crippen MR) is 96.5 cm³/mol. The van der Waals surface area contributed by atoms with E-state index >= 15 is 0 Å². The first kappa shape index (κ1) is 17.5. The lowest BCUT2D eigenvalue weighted by molar-refractivity contribution is 0.223. The third-order valence-electron chi connectivity index (χ3n) is 3.13. The van der Waals surface area contributed by atoms with Gasteiger partial charge in [-0.05, 0) is 62.7 Å². The minimum atomic E-state index is 0.0853. The molecular formula is C18H22BrNO3. The summed E-state index contributed by atoms with van der Waals surface area (Å²) in [5.74, 6) is 1.74. The number of aromatic hydroxyl groups is 1. The van der Waals surface area contributed by atoms with Gasteiger partial charge in [0.15, 0.2) is 11.5 Å². The number of phenols is 1. The fraction of sp³-hybridized carbons (Fsp3) is 0.333. The van der Waals surface area contributed by atoms with Gasteiger partial charge in [-0.3, -0.25) is 0 Å². The lowest BCUT2D eigenvalue weighted by Crippen LogP contribution is -2.08. The normalized spacial score (nSPS) is 10.7. The van der Waals surface area contributed by atoms with E-state index < -0.39 is 0 Å². The van der Waals surface area contributed by atoms with Crippen molar-refractivity contribution >= 4 is 21.6 Å². The molecule has 0 bridgehead atoms. The van der Waals surface area contributed by atoms with E-state index in [1.54, 1.807) is 12.1 Å². The van der Waals surface area contributed by atoms with Crippen molar-refractivity contribution in [1.29, 1.82) is 0 Å². The molecule has 5 heteroatoms. The molecule has 23 heavy (non-hydrogen) atoms. The molecule has 0 spiro atoms. The van der Waals surface area contributed by atoms with Crippen molar-refractivity contribution in [3.05, 3.63) is 46.4 Å². The molecule has 0 aromatic heterocycles. The second-order valence-corrected chi connectivity index (χ2v) is 6.24. The third kappa shape index (κ3) is 5.06. The Balaban J connectivity index is 2.17. The highest BCUT2D eigenvalue weighted by Gasteiger charge is 2.12. The standard InChI is InChI=1S/C18H22BrNO3/c1-4-22-17-9-13(16(19)10-18(17)23-12(2)3)11-20-14-5-7-15(21)8-6-14/h5-10,12,20-21H,4,11H2,1-3H3. The Hall–Kier alpha value is -1.88. The zero-order valence-electron chi connectivity index (χ0n) is 13.6. The summed E-state index contributed by atoms with van der Waals surface area (Å²) in [6, 6.07) is 10.9. The van der Waals surface area contributed by atoms with E-state index in [0.29, 0.717) is 13.2 Å². The molecule has 2 aromatic carbocycles. The molecule has 0 unspecified atom stereocenters. The van der Waals surface area contributed by atoms with Crippen molar-refractivity contribution < 1.29 is 14.6 Å². The Morgan fingerprint density at radius 1 is 1.13 bits per heavy atom. The van der Waals surface area contributed by atoms with E-state index in [1.807, 2.05) is 45.0 Å². The maximum Gasteiger partial charge on any atom is 0.162 e. The molecule has 0 amide bonds. The molecule has 0 aliphatic rings. The highest BCUT2D eigenvalue weighted by Crippen LogP contribution is 2.35. The van der Waals surface area contributed by atoms with Crippen LogP contribution < -0.4 is 14.8 Å². The second-order valence-electron chi connectivity index (χ2n) is 5.39. The number of hydrogen-bond donors (Lipinski definition) is 2. The van der Waals surface area contributed by atoms with Crippen LogP contribution in [0, 0.1) is 0 Å². The van der Waals surface area contributed by atoms with Gasteiger partial charge < -0.3 is 19.9 Å². The van der Waals surface area contributed by atoms with Crippen LogP contribution in [0.15, 0.2) is 40.9 Å². The molecule has 0 aliphatic carbocycles. The predicted octanol–water partition coefficient (Wildman–Crippen LogP) is 4.95. The third-order valence-corrected chi connectivity index (χ3v) is 3.86. The molecule has 2 N–H and O–H groups in total. The quantitative estimate of drug-likeness (QED) is 0.668. The van der Waals surface area contributed by atoms with Crippen LogP contribution in [0.5, 0.6) is 17.2 Å². The van der Waals surface area contributed by atoms with Gasteiger partial charge in [-0.25, -0.2) is 0 Å². The molecule has 0 atom stereocenters. The Bertz CT molecular complexity index is 641. The minimum Gasteiger partial charge on any atom is -0.508 e. The number of rotatable bonds is 7. The molecule has 0 fully saturated rings. The van der Waals surface area contributed by atoms with Gasteiger partial charge in [-0.1, -0.05) is 15.9 Å². The average molecular weight is 380 g/mol. The van der Waals surface area contributed by atoms with Crippen LogP contribution in [0.4, 0.5) is 5.69 Å². The van der Waals surface area contributed by atoms with Crippen molar-refractivity contribution in [3.63, 3.8) is 0 Å². The lowest BCUT2D eigenvalue weighted by Gasteiger charge is -2.17. The first-order chi connectivity index (χ1) is 11.0. The number of phenolic OH excluding ortho intramolecular Hbond substituents is 1. The van der Waals surface area contributed by atoms with E-state index in [4.69, 9.17) is 9.47 Å². The summed E-state index contributed by atoms with van der Waals surface area (Å²) in [5.41, 5.74) is 2.01. The fourth-order valence-electron chi connectivity index (χ4n) is 2.10. The average Bonchev–Trinajstić information content (AvgIpc) is 2.50. The summed E-state index contributed by atoms with van der Waals surface area (Å²) in [6.45, 7) is 7.15. The molecule has 0 aliphatic heterocycles. The Kier molecular flexibility index (Phi) is 6.16. The van der Waals surface area contributed by atoms with Gasteiger partial charge in [-0.2, -0.15) is 0 Å². The first-order valence-corrected chi connectivity index (χ1v) is 8.43. The van der Waals surface area contributed by atoms with Gasteiger partial charge in [-0.15, -0.1) is 0 Å². The number of hydrogen-bond acceptors (Lipinski definition) is 4. The maximum absolute atomic E-state index is 9.32. The van der Waals surface area contributed by atoms with E-state index in [1.165, 1.54) is 0 Å². The molecular weight excluding hydrogens is 358 g/mol. The number of anilines is 1. The molecule has 2 rings (SSSR count). The van der Waals surface area contributed by atoms with Gasteiger partial charge >= 0.3 is 0 Å². The molecule has 2 aromatic rings. The van der Waals surface area contributed by atoms with Crippen LogP contribution in [-0.4, -0.2) is 17.8 Å². The first-order valence-electron chi connectivity index (χ1n) is 7.64. The zero-order chi connectivity index (χ0) is 16.8. The van der Waals surface area contributed by atoms with Crippen molar-refractivity contribution in [3.8, 4) is 17.2 Å². The van der Waals surface area contributed by atoms with Crippen LogP contribution in [0.1, 0.15) is 26.3 Å². The van der Waals surface area contributed by atoms with Gasteiger partial charge in [0.1, 0.15) is 5.75 Å². The summed E-state index contributed by atoms with van der Waals surface area (Å²) < 4.78 is 12.5. The molecule has 0 saturated carbocycles. The molecule has 124 valence electrons. The summed E-state index contributed by atoms with van der Waals surface area (Å²) in [4.78, 5) is 0. The summed E-state index contributed by atoms with van der Waals surface area (Å²) in [7, 11) is 0. The smallest absolute Gasteiger partial charge is 0.162 e. The minimum absolute atomic E-state index is 0.0853. The van der Waals surface area contributed by atoms with Gasteiger partial charge in [0, 0.05) is 16.7 Å². The van der Waals surface area contributed by atoms with E-state index in [0.717, 1.165) is 27.2 Å². The molecule has 4 nitrogen and oxygen atoms in total. The number of ether oxygens (including phenoxy) is 2. The number of nitrogens with one attached hydrogen (secondary N) is 1. The van der Waals surface area contributed by atoms with Crippen LogP contribution in [-0.2, 0) is 6.54 Å². The van der Waals surface area contributed by atoms with Crippen LogP contribution in [0.3, 0.4) is 0 Å². The molecule has 0 saturated heterocycles. The Morgan fingerprint density at radius 2 is 1.83 bits per heavy atom. The van der Waals surface area contributed by atoms with Crippen molar-refractivity contribution in [2.24, 2.45) is 0 Å². The SMILES string of the molecule is CCOc1cc(CNc2ccc(O)cc2)c(Br)cc1OC(C)C. The highest BCUT2D eigenvalue weighted by molar-refractivity contribution is 9.10. The Labute approximate surface area is 145 Å². The fourth-order valence-corrected chi connectivity index (χ4v) is 2.57. The van der Waals surface area contributed by atoms with Crippen LogP contribution in [0.25, 0.3) is 0 Å². The lowest BCUT2D eigenvalue weighted by atomic mass is 10.2. The Morgan fingerprint density at radius 3 is 2.43 bits per heavy atom. The van der Waals surface area contributed by atoms with Crippen molar-refractivity contribution in [2.45, 2.75) is 33.4 Å². The summed E-state index contributed by atoms with van der Waals surface area (Å²) in [6.07, 6.45) is 0.0853. The number of benzene rings is 2. The monoisotopic (exact) mass is 379 g/mol. The largest absolute Gasteiger partial charge is 0.508 e. The summed E-state index contributed by atoms with van der Waals surface area (Å²) in [5, 5.41) is 12.6. The van der Waals surface area contributed by atoms with E-state index in [2.05, 4.69) is 21.2 Å². The topological polar surface area (TPSA) is 50.7 Å². The van der Waals surface area contributed by atoms with Gasteiger partial charge in [0.2, 0.25) is 0 Å². The van der Waals surface area contributed by atoms with Crippen LogP contribution >= 0.6 is 15.9 Å². The van der Waals surface area contributed by atoms with E-state index in [-0.39, 0.29) is 11.9 Å². The van der Waals surface area contributed by atoms with Gasteiger partial charge in [0.25, 0.3) is 0 Å². The summed E-state index contributed by atoms with van der Waals surface area (Å²) >= 11 is 3.59. The van der Waals surface area contributed by atoms with E-state index in [9.17, 15) is 5.11 Å². The second kappa shape index (κ2) is 8.11.